The van der Waals surface area contributed by atoms with Gasteiger partial charge in [-0.15, -0.1) is 0 Å². The molecule has 0 radical (unpaired) electrons. The predicted octanol–water partition coefficient (Wildman–Crippen LogP) is 1.44. The second-order valence-electron chi connectivity index (χ2n) is 2.90. The molecule has 2 rings (SSSR count). The van der Waals surface area contributed by atoms with Gasteiger partial charge >= 0.3 is 0 Å². The quantitative estimate of drug-likeness (QED) is 0.705. The molecule has 0 unspecified atom stereocenters. The molecule has 1 fully saturated rings. The van der Waals surface area contributed by atoms with Crippen LogP contribution >= 0.6 is 11.6 Å². The van der Waals surface area contributed by atoms with E-state index in [2.05, 4.69) is 9.97 Å². The van der Waals surface area contributed by atoms with Crippen molar-refractivity contribution in [2.45, 2.75) is 12.5 Å². The second kappa shape index (κ2) is 4.06. The van der Waals surface area contributed by atoms with Crippen molar-refractivity contribution < 1.29 is 13.9 Å². The Morgan fingerprint density at radius 3 is 3.21 bits per heavy atom. The average Bonchev–Trinajstić information content (AvgIpc) is 2.64. The Balaban J connectivity index is 2.10. The third-order valence-electron chi connectivity index (χ3n) is 1.85. The molecule has 0 bridgehead atoms. The third-order valence-corrected chi connectivity index (χ3v) is 2.03. The number of halogens is 2. The van der Waals surface area contributed by atoms with Gasteiger partial charge in [0, 0.05) is 6.42 Å². The summed E-state index contributed by atoms with van der Waals surface area (Å²) in [5, 5.41) is -0.0275. The van der Waals surface area contributed by atoms with Crippen LogP contribution in [-0.4, -0.2) is 29.3 Å². The van der Waals surface area contributed by atoms with Gasteiger partial charge in [-0.05, 0) is 11.6 Å². The van der Waals surface area contributed by atoms with Crippen molar-refractivity contribution in [1.29, 1.82) is 0 Å². The molecule has 6 heteroatoms. The lowest BCUT2D eigenvalue weighted by Gasteiger charge is -2.10. The molecule has 4 nitrogen and oxygen atoms in total. The molecule has 2 heterocycles. The Hall–Kier alpha value is -0.940. The van der Waals surface area contributed by atoms with E-state index in [9.17, 15) is 4.39 Å². The monoisotopic (exact) mass is 218 g/mol. The van der Waals surface area contributed by atoms with Crippen LogP contribution in [0.25, 0.3) is 0 Å². The number of nitrogens with zero attached hydrogens (tertiary/aromatic N) is 2. The summed E-state index contributed by atoms with van der Waals surface area (Å²) in [5.41, 5.74) is 0. The minimum Gasteiger partial charge on any atom is -0.470 e. The molecule has 0 aromatic carbocycles. The molecule has 0 saturated carbocycles. The minimum absolute atomic E-state index is 0.0275. The molecule has 1 aromatic heterocycles. The topological polar surface area (TPSA) is 44.2 Å². The summed E-state index contributed by atoms with van der Waals surface area (Å²) in [6.45, 7) is 1.09. The molecule has 0 amide bonds. The Morgan fingerprint density at radius 1 is 1.64 bits per heavy atom. The van der Waals surface area contributed by atoms with Crippen LogP contribution in [0.3, 0.4) is 0 Å². The summed E-state index contributed by atoms with van der Waals surface area (Å²) in [5.74, 6) is -0.721. The Morgan fingerprint density at radius 2 is 2.50 bits per heavy atom. The molecular formula is C8H8ClFN2O2. The van der Waals surface area contributed by atoms with Crippen molar-refractivity contribution in [2.24, 2.45) is 0 Å². The van der Waals surface area contributed by atoms with E-state index in [4.69, 9.17) is 21.1 Å². The predicted molar refractivity (Wildman–Crippen MR) is 46.9 cm³/mol. The van der Waals surface area contributed by atoms with E-state index in [-0.39, 0.29) is 17.3 Å². The van der Waals surface area contributed by atoms with Crippen molar-refractivity contribution in [3.63, 3.8) is 0 Å². The normalized spacial score (nSPS) is 21.1. The fourth-order valence-electron chi connectivity index (χ4n) is 1.18. The molecule has 1 aromatic rings. The molecule has 1 atom stereocenters. The van der Waals surface area contributed by atoms with Gasteiger partial charge in [0.15, 0.2) is 0 Å². The molecule has 14 heavy (non-hydrogen) atoms. The summed E-state index contributed by atoms with van der Waals surface area (Å²) >= 11 is 5.50. The zero-order chi connectivity index (χ0) is 9.97. The molecule has 1 aliphatic rings. The minimum atomic E-state index is -0.610. The lowest BCUT2D eigenvalue weighted by Crippen LogP contribution is -2.17. The summed E-state index contributed by atoms with van der Waals surface area (Å²) in [4.78, 5) is 7.12. The Kier molecular flexibility index (Phi) is 2.79. The molecule has 1 saturated heterocycles. The third kappa shape index (κ3) is 2.10. The fourth-order valence-corrected chi connectivity index (χ4v) is 1.30. The summed E-state index contributed by atoms with van der Waals surface area (Å²) in [6.07, 6.45) is 1.58. The number of hydrogen-bond acceptors (Lipinski definition) is 4. The van der Waals surface area contributed by atoms with Crippen LogP contribution in [0.4, 0.5) is 4.39 Å². The van der Waals surface area contributed by atoms with E-state index in [0.29, 0.717) is 13.2 Å². The van der Waals surface area contributed by atoms with E-state index < -0.39 is 5.82 Å². The van der Waals surface area contributed by atoms with Gasteiger partial charge in [-0.2, -0.15) is 9.37 Å². The molecule has 76 valence electrons. The number of rotatable bonds is 2. The van der Waals surface area contributed by atoms with E-state index in [1.165, 1.54) is 0 Å². The van der Waals surface area contributed by atoms with Gasteiger partial charge in [0.25, 0.3) is 5.88 Å². The summed E-state index contributed by atoms with van der Waals surface area (Å²) in [7, 11) is 0. The van der Waals surface area contributed by atoms with Crippen LogP contribution < -0.4 is 4.74 Å². The van der Waals surface area contributed by atoms with Crippen LogP contribution in [-0.2, 0) is 4.74 Å². The highest BCUT2D eigenvalue weighted by Crippen LogP contribution is 2.18. The maximum Gasteiger partial charge on any atom is 0.255 e. The Bertz CT molecular complexity index is 331. The van der Waals surface area contributed by atoms with E-state index in [1.54, 1.807) is 0 Å². The van der Waals surface area contributed by atoms with Crippen LogP contribution in [0, 0.1) is 5.82 Å². The largest absolute Gasteiger partial charge is 0.470 e. The zero-order valence-electron chi connectivity index (χ0n) is 7.24. The number of aromatic nitrogens is 2. The lowest BCUT2D eigenvalue weighted by atomic mass is 10.3. The highest BCUT2D eigenvalue weighted by molar-refractivity contribution is 6.28. The van der Waals surface area contributed by atoms with Gasteiger partial charge in [-0.1, -0.05) is 0 Å². The molecular weight excluding hydrogens is 211 g/mol. The van der Waals surface area contributed by atoms with Gasteiger partial charge in [-0.25, -0.2) is 4.98 Å². The fraction of sp³-hybridized carbons (Fsp3) is 0.500. The number of ether oxygens (including phenoxy) is 2. The van der Waals surface area contributed by atoms with E-state index in [0.717, 1.165) is 12.6 Å². The van der Waals surface area contributed by atoms with Crippen LogP contribution in [0.1, 0.15) is 6.42 Å². The maximum absolute atomic E-state index is 13.1. The van der Waals surface area contributed by atoms with E-state index >= 15 is 0 Å². The van der Waals surface area contributed by atoms with E-state index in [1.807, 2.05) is 0 Å². The highest BCUT2D eigenvalue weighted by Gasteiger charge is 2.19. The molecule has 0 spiro atoms. The van der Waals surface area contributed by atoms with Crippen LogP contribution in [0.5, 0.6) is 5.88 Å². The first-order chi connectivity index (χ1) is 6.75. The van der Waals surface area contributed by atoms with Crippen molar-refractivity contribution in [3.8, 4) is 5.88 Å². The standard InChI is InChI=1S/C8H8ClFN2O2/c9-8-11-3-6(10)7(12-8)14-5-1-2-13-4-5/h3,5H,1-2,4H2/t5-/m0/s1. The van der Waals surface area contributed by atoms with Crippen molar-refractivity contribution in [1.82, 2.24) is 9.97 Å². The van der Waals surface area contributed by atoms with Crippen LogP contribution in [0.2, 0.25) is 5.28 Å². The first-order valence-electron chi connectivity index (χ1n) is 4.18. The van der Waals surface area contributed by atoms with Gasteiger partial charge in [0.2, 0.25) is 11.1 Å². The first kappa shape index (κ1) is 9.61. The van der Waals surface area contributed by atoms with Crippen LogP contribution in [0.15, 0.2) is 6.20 Å². The highest BCUT2D eigenvalue weighted by atomic mass is 35.5. The Labute approximate surface area is 85.0 Å². The molecule has 0 N–H and O–H groups in total. The van der Waals surface area contributed by atoms with Crippen molar-refractivity contribution in [2.75, 3.05) is 13.2 Å². The van der Waals surface area contributed by atoms with Crippen molar-refractivity contribution >= 4 is 11.6 Å². The lowest BCUT2D eigenvalue weighted by molar-refractivity contribution is 0.134. The van der Waals surface area contributed by atoms with Gasteiger partial charge < -0.3 is 9.47 Å². The van der Waals surface area contributed by atoms with Gasteiger partial charge in [0.05, 0.1) is 19.4 Å². The van der Waals surface area contributed by atoms with Gasteiger partial charge in [-0.3, -0.25) is 0 Å². The first-order valence-corrected chi connectivity index (χ1v) is 4.56. The average molecular weight is 219 g/mol. The summed E-state index contributed by atoms with van der Waals surface area (Å²) in [6, 6.07) is 0. The van der Waals surface area contributed by atoms with Gasteiger partial charge in [0.1, 0.15) is 6.10 Å². The zero-order valence-corrected chi connectivity index (χ0v) is 8.00. The smallest absolute Gasteiger partial charge is 0.255 e. The van der Waals surface area contributed by atoms with Crippen molar-refractivity contribution in [3.05, 3.63) is 17.3 Å². The number of hydrogen-bond donors (Lipinski definition) is 0. The second-order valence-corrected chi connectivity index (χ2v) is 3.23. The molecule has 1 aliphatic heterocycles. The summed E-state index contributed by atoms with van der Waals surface area (Å²) < 4.78 is 23.4. The SMILES string of the molecule is Fc1cnc(Cl)nc1O[C@H]1CCOC1. The molecule has 0 aliphatic carbocycles. The maximum atomic E-state index is 13.1.